The normalized spacial score (nSPS) is 19.0. The van der Waals surface area contributed by atoms with Crippen LogP contribution < -0.4 is 0 Å². The predicted molar refractivity (Wildman–Crippen MR) is 75.8 cm³/mol. The van der Waals surface area contributed by atoms with E-state index < -0.39 is 11.5 Å². The zero-order valence-electron chi connectivity index (χ0n) is 12.2. The SMILES string of the molecule is CCC(C)(C(=O)O)n1nnnc1C1(c2ccccc2)CC1. The average Bonchev–Trinajstić information content (AvgIpc) is 3.17. The van der Waals surface area contributed by atoms with Gasteiger partial charge in [-0.15, -0.1) is 5.10 Å². The first-order chi connectivity index (χ1) is 10.0. The van der Waals surface area contributed by atoms with Crippen LogP contribution in [-0.2, 0) is 15.7 Å². The molecule has 110 valence electrons. The van der Waals surface area contributed by atoms with Gasteiger partial charge in [0.15, 0.2) is 11.4 Å². The summed E-state index contributed by atoms with van der Waals surface area (Å²) in [6.45, 7) is 3.50. The van der Waals surface area contributed by atoms with E-state index >= 15 is 0 Å². The topological polar surface area (TPSA) is 80.9 Å². The Bertz CT molecular complexity index is 663. The van der Waals surface area contributed by atoms with Crippen molar-refractivity contribution in [1.29, 1.82) is 0 Å². The molecule has 1 atom stereocenters. The lowest BCUT2D eigenvalue weighted by Crippen LogP contribution is -2.41. The third-order valence-electron chi connectivity index (χ3n) is 4.59. The molecular formula is C15H18N4O2. The smallest absolute Gasteiger partial charge is 0.331 e. The molecule has 0 amide bonds. The van der Waals surface area contributed by atoms with Gasteiger partial charge in [-0.05, 0) is 42.2 Å². The second kappa shape index (κ2) is 4.65. The first kappa shape index (κ1) is 13.7. The van der Waals surface area contributed by atoms with Crippen LogP contribution in [0.3, 0.4) is 0 Å². The monoisotopic (exact) mass is 286 g/mol. The molecule has 0 saturated heterocycles. The van der Waals surface area contributed by atoms with Gasteiger partial charge >= 0.3 is 5.97 Å². The molecule has 0 radical (unpaired) electrons. The number of hydrogen-bond acceptors (Lipinski definition) is 4. The molecule has 1 aliphatic carbocycles. The van der Waals surface area contributed by atoms with Crippen molar-refractivity contribution in [3.63, 3.8) is 0 Å². The van der Waals surface area contributed by atoms with Crippen molar-refractivity contribution in [2.45, 2.75) is 44.1 Å². The van der Waals surface area contributed by atoms with Gasteiger partial charge in [-0.25, -0.2) is 9.48 Å². The lowest BCUT2D eigenvalue weighted by Gasteiger charge is -2.26. The highest BCUT2D eigenvalue weighted by molar-refractivity contribution is 5.76. The van der Waals surface area contributed by atoms with Crippen LogP contribution in [0.2, 0.25) is 0 Å². The summed E-state index contributed by atoms with van der Waals surface area (Å²) in [6, 6.07) is 10.0. The number of benzene rings is 1. The van der Waals surface area contributed by atoms with Gasteiger partial charge in [0.25, 0.3) is 0 Å². The number of carbonyl (C=O) groups is 1. The lowest BCUT2D eigenvalue weighted by molar-refractivity contribution is -0.147. The summed E-state index contributed by atoms with van der Waals surface area (Å²) < 4.78 is 1.50. The standard InChI is InChI=1S/C15H18N4O2/c1-3-14(2,13(20)21)19-12(16-17-18-19)15(9-10-15)11-7-5-4-6-8-11/h4-8H,3,9-10H2,1-2H3,(H,20,21). The molecule has 21 heavy (non-hydrogen) atoms. The number of carboxylic acids is 1. The molecule has 1 aromatic heterocycles. The van der Waals surface area contributed by atoms with Gasteiger partial charge in [-0.2, -0.15) is 0 Å². The van der Waals surface area contributed by atoms with E-state index in [1.54, 1.807) is 6.92 Å². The number of hydrogen-bond donors (Lipinski definition) is 1. The molecule has 1 saturated carbocycles. The number of carboxylic acid groups (broad SMARTS) is 1. The van der Waals surface area contributed by atoms with Crippen molar-refractivity contribution in [2.24, 2.45) is 0 Å². The largest absolute Gasteiger partial charge is 0.479 e. The van der Waals surface area contributed by atoms with Crippen LogP contribution in [0.15, 0.2) is 30.3 Å². The van der Waals surface area contributed by atoms with E-state index in [0.717, 1.165) is 18.4 Å². The quantitative estimate of drug-likeness (QED) is 0.908. The van der Waals surface area contributed by atoms with Gasteiger partial charge in [0.05, 0.1) is 5.41 Å². The van der Waals surface area contributed by atoms with Crippen molar-refractivity contribution in [3.8, 4) is 0 Å². The van der Waals surface area contributed by atoms with Crippen molar-refractivity contribution in [2.75, 3.05) is 0 Å². The summed E-state index contributed by atoms with van der Waals surface area (Å²) in [6.07, 6.45) is 2.30. The van der Waals surface area contributed by atoms with Crippen LogP contribution in [0.25, 0.3) is 0 Å². The predicted octanol–water partition coefficient (Wildman–Crippen LogP) is 1.96. The first-order valence-electron chi connectivity index (χ1n) is 7.13. The van der Waals surface area contributed by atoms with E-state index in [0.29, 0.717) is 12.2 Å². The van der Waals surface area contributed by atoms with Crippen molar-refractivity contribution in [3.05, 3.63) is 41.7 Å². The number of aliphatic carboxylic acids is 1. The highest BCUT2D eigenvalue weighted by Crippen LogP contribution is 2.53. The molecule has 1 aliphatic rings. The van der Waals surface area contributed by atoms with Gasteiger partial charge in [-0.1, -0.05) is 37.3 Å². The number of rotatable bonds is 5. The summed E-state index contributed by atoms with van der Waals surface area (Å²) >= 11 is 0. The third-order valence-corrected chi connectivity index (χ3v) is 4.59. The maximum atomic E-state index is 11.7. The third kappa shape index (κ3) is 1.93. The molecule has 1 aromatic carbocycles. The molecule has 0 bridgehead atoms. The molecule has 1 unspecified atom stereocenters. The molecule has 6 nitrogen and oxygen atoms in total. The Hall–Kier alpha value is -2.24. The summed E-state index contributed by atoms with van der Waals surface area (Å²) in [5.74, 6) is -0.261. The van der Waals surface area contributed by atoms with Gasteiger partial charge < -0.3 is 5.11 Å². The van der Waals surface area contributed by atoms with Crippen LogP contribution in [-0.4, -0.2) is 31.3 Å². The summed E-state index contributed by atoms with van der Waals surface area (Å²) in [5, 5.41) is 21.5. The number of aromatic nitrogens is 4. The average molecular weight is 286 g/mol. The van der Waals surface area contributed by atoms with Crippen LogP contribution in [0.4, 0.5) is 0 Å². The van der Waals surface area contributed by atoms with E-state index in [1.807, 2.05) is 25.1 Å². The molecule has 0 aliphatic heterocycles. The van der Waals surface area contributed by atoms with Gasteiger partial charge in [0.1, 0.15) is 0 Å². The fraction of sp³-hybridized carbons (Fsp3) is 0.467. The van der Waals surface area contributed by atoms with Gasteiger partial charge in [0, 0.05) is 0 Å². The number of tetrazole rings is 1. The molecule has 1 fully saturated rings. The molecular weight excluding hydrogens is 268 g/mol. The number of nitrogens with zero attached hydrogens (tertiary/aromatic N) is 4. The second-order valence-electron chi connectivity index (χ2n) is 5.79. The Morgan fingerprint density at radius 1 is 1.38 bits per heavy atom. The van der Waals surface area contributed by atoms with Crippen molar-refractivity contribution in [1.82, 2.24) is 20.2 Å². The Kier molecular flexibility index (Phi) is 3.04. The Balaban J connectivity index is 2.11. The van der Waals surface area contributed by atoms with Crippen molar-refractivity contribution < 1.29 is 9.90 Å². The lowest BCUT2D eigenvalue weighted by atomic mass is 9.92. The molecule has 0 spiro atoms. The van der Waals surface area contributed by atoms with E-state index in [2.05, 4.69) is 27.7 Å². The Labute approximate surface area is 122 Å². The summed E-state index contributed by atoms with van der Waals surface area (Å²) in [5.41, 5.74) is -0.218. The van der Waals surface area contributed by atoms with E-state index in [-0.39, 0.29) is 5.41 Å². The Morgan fingerprint density at radius 2 is 2.05 bits per heavy atom. The van der Waals surface area contributed by atoms with E-state index in [1.165, 1.54) is 4.68 Å². The van der Waals surface area contributed by atoms with Crippen LogP contribution in [0.1, 0.15) is 44.5 Å². The minimum Gasteiger partial charge on any atom is -0.479 e. The maximum Gasteiger partial charge on any atom is 0.331 e. The Morgan fingerprint density at radius 3 is 2.57 bits per heavy atom. The molecule has 2 aromatic rings. The van der Waals surface area contributed by atoms with E-state index in [4.69, 9.17) is 0 Å². The zero-order chi connectivity index (χ0) is 15.1. The molecule has 6 heteroatoms. The maximum absolute atomic E-state index is 11.7. The fourth-order valence-corrected chi connectivity index (χ4v) is 2.73. The molecule has 1 heterocycles. The second-order valence-corrected chi connectivity index (χ2v) is 5.79. The van der Waals surface area contributed by atoms with E-state index in [9.17, 15) is 9.90 Å². The molecule has 3 rings (SSSR count). The zero-order valence-corrected chi connectivity index (χ0v) is 12.2. The van der Waals surface area contributed by atoms with Crippen LogP contribution >= 0.6 is 0 Å². The van der Waals surface area contributed by atoms with Gasteiger partial charge in [-0.3, -0.25) is 0 Å². The summed E-state index contributed by atoms with van der Waals surface area (Å²) in [4.78, 5) is 11.7. The van der Waals surface area contributed by atoms with Crippen LogP contribution in [0.5, 0.6) is 0 Å². The highest BCUT2D eigenvalue weighted by atomic mass is 16.4. The van der Waals surface area contributed by atoms with Crippen molar-refractivity contribution >= 4 is 5.97 Å². The molecule has 1 N–H and O–H groups in total. The fourth-order valence-electron chi connectivity index (χ4n) is 2.73. The minimum absolute atomic E-state index is 0.239. The minimum atomic E-state index is -1.12. The van der Waals surface area contributed by atoms with Crippen LogP contribution in [0, 0.1) is 0 Å². The highest BCUT2D eigenvalue weighted by Gasteiger charge is 2.52. The van der Waals surface area contributed by atoms with Gasteiger partial charge in [0.2, 0.25) is 0 Å². The first-order valence-corrected chi connectivity index (χ1v) is 7.13. The summed E-state index contributed by atoms with van der Waals surface area (Å²) in [7, 11) is 0.